The second-order valence-electron chi connectivity index (χ2n) is 3.98. The number of carbonyl (C=O) groups excluding carboxylic acids is 1. The number of ether oxygens (including phenoxy) is 1. The molecule has 1 rings (SSSR count). The summed E-state index contributed by atoms with van der Waals surface area (Å²) in [4.78, 5) is 11.5. The molecule has 2 amide bonds. The maximum Gasteiger partial charge on any atom is 0.315 e. The van der Waals surface area contributed by atoms with Crippen molar-refractivity contribution in [3.8, 4) is 0 Å². The Labute approximate surface area is 102 Å². The molecule has 0 aliphatic carbocycles. The minimum atomic E-state index is -0.201. The van der Waals surface area contributed by atoms with Crippen molar-refractivity contribution >= 4 is 6.03 Å². The lowest BCUT2D eigenvalue weighted by Gasteiger charge is -2.13. The zero-order chi connectivity index (χ0) is 12.8. The molecule has 17 heavy (non-hydrogen) atoms. The van der Waals surface area contributed by atoms with Crippen molar-refractivity contribution in [2.75, 3.05) is 20.3 Å². The summed E-state index contributed by atoms with van der Waals surface area (Å²) in [6, 6.07) is 1.66. The Morgan fingerprint density at radius 2 is 2.24 bits per heavy atom. The van der Waals surface area contributed by atoms with Crippen LogP contribution < -0.4 is 10.6 Å². The van der Waals surface area contributed by atoms with E-state index in [0.717, 1.165) is 17.1 Å². The first-order valence-electron chi connectivity index (χ1n) is 5.64. The van der Waals surface area contributed by atoms with Crippen LogP contribution in [0.5, 0.6) is 0 Å². The molecular weight excluding hydrogens is 220 g/mol. The molecule has 0 radical (unpaired) electrons. The van der Waals surface area contributed by atoms with Gasteiger partial charge in [-0.15, -0.1) is 0 Å². The van der Waals surface area contributed by atoms with Crippen LogP contribution in [0.1, 0.15) is 30.0 Å². The van der Waals surface area contributed by atoms with Gasteiger partial charge in [0, 0.05) is 19.2 Å². The molecule has 0 saturated carbocycles. The summed E-state index contributed by atoms with van der Waals surface area (Å²) >= 11 is 0. The number of amides is 2. The summed E-state index contributed by atoms with van der Waals surface area (Å²) in [5, 5.41) is 5.55. The Morgan fingerprint density at radius 3 is 2.76 bits per heavy atom. The van der Waals surface area contributed by atoms with Gasteiger partial charge in [0.1, 0.15) is 11.5 Å². The molecule has 0 aromatic carbocycles. The summed E-state index contributed by atoms with van der Waals surface area (Å²) in [6.07, 6.45) is 0. The monoisotopic (exact) mass is 240 g/mol. The first kappa shape index (κ1) is 13.6. The molecule has 0 bridgehead atoms. The first-order valence-corrected chi connectivity index (χ1v) is 5.64. The van der Waals surface area contributed by atoms with Crippen LogP contribution in [-0.2, 0) is 4.74 Å². The van der Waals surface area contributed by atoms with E-state index in [4.69, 9.17) is 9.15 Å². The number of hydrogen-bond acceptors (Lipinski definition) is 3. The van der Waals surface area contributed by atoms with Crippen LogP contribution in [0, 0.1) is 13.8 Å². The summed E-state index contributed by atoms with van der Waals surface area (Å²) in [5.41, 5.74) is 1.00. The van der Waals surface area contributed by atoms with Crippen LogP contribution in [-0.4, -0.2) is 26.3 Å². The van der Waals surface area contributed by atoms with E-state index in [2.05, 4.69) is 10.6 Å². The molecule has 1 aromatic heterocycles. The van der Waals surface area contributed by atoms with E-state index in [0.29, 0.717) is 13.2 Å². The van der Waals surface area contributed by atoms with Crippen molar-refractivity contribution < 1.29 is 13.9 Å². The van der Waals surface area contributed by atoms with Gasteiger partial charge in [-0.2, -0.15) is 0 Å². The van der Waals surface area contributed by atoms with Crippen LogP contribution in [0.15, 0.2) is 10.5 Å². The molecule has 0 aliphatic rings. The van der Waals surface area contributed by atoms with Crippen LogP contribution in [0.4, 0.5) is 4.79 Å². The van der Waals surface area contributed by atoms with E-state index in [9.17, 15) is 4.79 Å². The predicted octanol–water partition coefficient (Wildman–Crippen LogP) is 1.90. The van der Waals surface area contributed by atoms with Crippen molar-refractivity contribution in [2.45, 2.75) is 26.8 Å². The first-order chi connectivity index (χ1) is 8.04. The van der Waals surface area contributed by atoms with Gasteiger partial charge in [-0.3, -0.25) is 0 Å². The van der Waals surface area contributed by atoms with Gasteiger partial charge in [0.2, 0.25) is 0 Å². The third-order valence-electron chi connectivity index (χ3n) is 2.49. The quantitative estimate of drug-likeness (QED) is 0.773. The molecule has 96 valence electrons. The molecule has 0 saturated heterocycles. The highest BCUT2D eigenvalue weighted by molar-refractivity contribution is 5.74. The van der Waals surface area contributed by atoms with Gasteiger partial charge in [0.05, 0.1) is 12.6 Å². The average Bonchev–Trinajstić information content (AvgIpc) is 2.58. The smallest absolute Gasteiger partial charge is 0.315 e. The molecule has 5 nitrogen and oxygen atoms in total. The number of hydrogen-bond donors (Lipinski definition) is 2. The average molecular weight is 240 g/mol. The van der Waals surface area contributed by atoms with Gasteiger partial charge in [-0.1, -0.05) is 0 Å². The maximum absolute atomic E-state index is 11.5. The fourth-order valence-electron chi connectivity index (χ4n) is 1.67. The highest BCUT2D eigenvalue weighted by Gasteiger charge is 2.14. The molecule has 0 spiro atoms. The minimum Gasteiger partial charge on any atom is -0.466 e. The van der Waals surface area contributed by atoms with Crippen LogP contribution in [0.2, 0.25) is 0 Å². The zero-order valence-electron chi connectivity index (χ0n) is 10.8. The third kappa shape index (κ3) is 4.11. The minimum absolute atomic E-state index is 0.0741. The predicted molar refractivity (Wildman–Crippen MR) is 65.0 cm³/mol. The molecule has 1 aromatic rings. The standard InChI is InChI=1S/C12H20N2O3/c1-8-7-11(10(3)17-8)9(2)14-12(15)13-5-6-16-4/h7,9H,5-6H2,1-4H3,(H2,13,14,15)/t9-/m0/s1. The van der Waals surface area contributed by atoms with E-state index in [-0.39, 0.29) is 12.1 Å². The Bertz CT molecular complexity index is 374. The van der Waals surface area contributed by atoms with Gasteiger partial charge < -0.3 is 19.8 Å². The van der Waals surface area contributed by atoms with Crippen molar-refractivity contribution in [3.63, 3.8) is 0 Å². The van der Waals surface area contributed by atoms with Crippen LogP contribution >= 0.6 is 0 Å². The lowest BCUT2D eigenvalue weighted by Crippen LogP contribution is -2.38. The van der Waals surface area contributed by atoms with Gasteiger partial charge in [-0.25, -0.2) is 4.79 Å². The number of furan rings is 1. The largest absolute Gasteiger partial charge is 0.466 e. The molecule has 0 fully saturated rings. The molecule has 0 unspecified atom stereocenters. The highest BCUT2D eigenvalue weighted by atomic mass is 16.5. The number of methoxy groups -OCH3 is 1. The van der Waals surface area contributed by atoms with E-state index in [1.54, 1.807) is 7.11 Å². The molecule has 0 aliphatic heterocycles. The Hall–Kier alpha value is -1.49. The normalized spacial score (nSPS) is 12.2. The summed E-state index contributed by atoms with van der Waals surface area (Å²) in [5.74, 6) is 1.69. The Morgan fingerprint density at radius 1 is 1.53 bits per heavy atom. The molecule has 2 N–H and O–H groups in total. The lowest BCUT2D eigenvalue weighted by atomic mass is 10.1. The van der Waals surface area contributed by atoms with E-state index in [1.165, 1.54) is 0 Å². The van der Waals surface area contributed by atoms with Gasteiger partial charge in [0.15, 0.2) is 0 Å². The van der Waals surface area contributed by atoms with Gasteiger partial charge >= 0.3 is 6.03 Å². The van der Waals surface area contributed by atoms with Crippen molar-refractivity contribution in [1.82, 2.24) is 10.6 Å². The van der Waals surface area contributed by atoms with Gasteiger partial charge in [-0.05, 0) is 26.8 Å². The fourth-order valence-corrected chi connectivity index (χ4v) is 1.67. The van der Waals surface area contributed by atoms with Crippen molar-refractivity contribution in [2.24, 2.45) is 0 Å². The highest BCUT2D eigenvalue weighted by Crippen LogP contribution is 2.20. The summed E-state index contributed by atoms with van der Waals surface area (Å²) in [6.45, 7) is 6.71. The topological polar surface area (TPSA) is 63.5 Å². The SMILES string of the molecule is COCCNC(=O)N[C@@H](C)c1cc(C)oc1C. The van der Waals surface area contributed by atoms with Crippen LogP contribution in [0.25, 0.3) is 0 Å². The molecule has 1 heterocycles. The Kier molecular flexibility index (Phi) is 5.03. The van der Waals surface area contributed by atoms with E-state index >= 15 is 0 Å². The fraction of sp³-hybridized carbons (Fsp3) is 0.583. The van der Waals surface area contributed by atoms with Crippen LogP contribution in [0.3, 0.4) is 0 Å². The number of urea groups is 1. The summed E-state index contributed by atoms with van der Waals surface area (Å²) in [7, 11) is 1.60. The van der Waals surface area contributed by atoms with E-state index in [1.807, 2.05) is 26.8 Å². The van der Waals surface area contributed by atoms with Crippen molar-refractivity contribution in [1.29, 1.82) is 0 Å². The third-order valence-corrected chi connectivity index (χ3v) is 2.49. The number of nitrogens with one attached hydrogen (secondary N) is 2. The maximum atomic E-state index is 11.5. The Balaban J connectivity index is 2.46. The summed E-state index contributed by atoms with van der Waals surface area (Å²) < 4.78 is 10.3. The molecule has 5 heteroatoms. The number of aryl methyl sites for hydroxylation is 2. The number of rotatable bonds is 5. The lowest BCUT2D eigenvalue weighted by molar-refractivity contribution is 0.195. The molecular formula is C12H20N2O3. The number of carbonyl (C=O) groups is 1. The van der Waals surface area contributed by atoms with Crippen molar-refractivity contribution in [3.05, 3.63) is 23.2 Å². The van der Waals surface area contributed by atoms with E-state index < -0.39 is 0 Å². The second-order valence-corrected chi connectivity index (χ2v) is 3.98. The second kappa shape index (κ2) is 6.30. The van der Waals surface area contributed by atoms with Gasteiger partial charge in [0.25, 0.3) is 0 Å². The molecule has 1 atom stereocenters. The zero-order valence-corrected chi connectivity index (χ0v) is 10.8.